The maximum Gasteiger partial charge on any atom is 0.264 e. The Morgan fingerprint density at radius 3 is 2.83 bits per heavy atom. The minimum absolute atomic E-state index is 0.0191. The van der Waals surface area contributed by atoms with Crippen LogP contribution in [0.15, 0.2) is 41.3 Å². The van der Waals surface area contributed by atoms with Crippen molar-refractivity contribution >= 4 is 29.0 Å². The Kier molecular flexibility index (Phi) is 3.92. The number of pyridine rings is 1. The lowest BCUT2D eigenvalue weighted by atomic mass is 10.1. The van der Waals surface area contributed by atoms with Gasteiger partial charge in [-0.25, -0.2) is 0 Å². The van der Waals surface area contributed by atoms with E-state index < -0.39 is 0 Å². The van der Waals surface area contributed by atoms with Gasteiger partial charge in [0.15, 0.2) is 12.4 Å². The van der Waals surface area contributed by atoms with Gasteiger partial charge >= 0.3 is 0 Å². The summed E-state index contributed by atoms with van der Waals surface area (Å²) in [5.41, 5.74) is 0.614. The van der Waals surface area contributed by atoms with Crippen LogP contribution in [-0.2, 0) is 11.3 Å². The Morgan fingerprint density at radius 1 is 1.26 bits per heavy atom. The average molecular weight is 333 g/mol. The summed E-state index contributed by atoms with van der Waals surface area (Å²) >= 11 is 5.84. The van der Waals surface area contributed by atoms with Gasteiger partial charge in [0, 0.05) is 24.9 Å². The quantitative estimate of drug-likeness (QED) is 0.803. The molecule has 1 amide bonds. The van der Waals surface area contributed by atoms with Gasteiger partial charge < -0.3 is 14.2 Å². The molecule has 2 heterocycles. The van der Waals surface area contributed by atoms with Gasteiger partial charge in [-0.3, -0.25) is 14.4 Å². The third kappa shape index (κ3) is 2.98. The predicted octanol–water partition coefficient (Wildman–Crippen LogP) is 1.74. The Bertz CT molecular complexity index is 859. The average Bonchev–Trinajstić information content (AvgIpc) is 2.54. The van der Waals surface area contributed by atoms with E-state index in [0.717, 1.165) is 0 Å². The van der Waals surface area contributed by atoms with Gasteiger partial charge in [-0.2, -0.15) is 0 Å². The number of hydrogen-bond acceptors (Lipinski definition) is 4. The summed E-state index contributed by atoms with van der Waals surface area (Å²) in [4.78, 5) is 37.3. The van der Waals surface area contributed by atoms with E-state index in [2.05, 4.69) is 0 Å². The summed E-state index contributed by atoms with van der Waals surface area (Å²) in [6.45, 7) is -0.147. The molecule has 0 N–H and O–H groups in total. The molecule has 118 valence electrons. The van der Waals surface area contributed by atoms with E-state index >= 15 is 0 Å². The SMILES string of the molecule is CN1C(=O)COc2ccc(C(=O)Cn3cc(Cl)ccc3=O)cc21. The first-order valence-corrected chi connectivity index (χ1v) is 7.26. The zero-order valence-electron chi connectivity index (χ0n) is 12.3. The molecule has 2 aromatic rings. The van der Waals surface area contributed by atoms with Crippen molar-refractivity contribution in [2.24, 2.45) is 0 Å². The molecule has 0 bridgehead atoms. The largest absolute Gasteiger partial charge is 0.482 e. The molecule has 0 spiro atoms. The monoisotopic (exact) mass is 332 g/mol. The molecule has 1 aliphatic rings. The van der Waals surface area contributed by atoms with Gasteiger partial charge in [0.05, 0.1) is 17.3 Å². The number of carbonyl (C=O) groups is 2. The molecule has 23 heavy (non-hydrogen) atoms. The number of Topliss-reactive ketones (excluding diaryl/α,β-unsaturated/α-hetero) is 1. The summed E-state index contributed by atoms with van der Waals surface area (Å²) < 4.78 is 6.56. The number of carbonyl (C=O) groups excluding carboxylic acids is 2. The molecule has 0 radical (unpaired) electrons. The first-order chi connectivity index (χ1) is 11.0. The molecule has 7 heteroatoms. The molecule has 1 aromatic heterocycles. The van der Waals surface area contributed by atoms with E-state index in [1.165, 1.54) is 27.8 Å². The molecule has 0 aliphatic carbocycles. The van der Waals surface area contributed by atoms with Crippen LogP contribution in [0.3, 0.4) is 0 Å². The van der Waals surface area contributed by atoms with Crippen molar-refractivity contribution < 1.29 is 14.3 Å². The smallest absolute Gasteiger partial charge is 0.264 e. The highest BCUT2D eigenvalue weighted by Crippen LogP contribution is 2.32. The summed E-state index contributed by atoms with van der Waals surface area (Å²) in [5.74, 6) is 0.0975. The topological polar surface area (TPSA) is 68.6 Å². The number of amides is 1. The predicted molar refractivity (Wildman–Crippen MR) is 85.4 cm³/mol. The number of halogens is 1. The number of aromatic nitrogens is 1. The zero-order chi connectivity index (χ0) is 16.6. The van der Waals surface area contributed by atoms with Gasteiger partial charge in [0.2, 0.25) is 0 Å². The summed E-state index contributed by atoms with van der Waals surface area (Å²) in [6.07, 6.45) is 1.42. The second-order valence-corrected chi connectivity index (χ2v) is 5.60. The summed E-state index contributed by atoms with van der Waals surface area (Å²) in [5, 5.41) is 0.376. The lowest BCUT2D eigenvalue weighted by Gasteiger charge is -2.26. The normalized spacial score (nSPS) is 13.5. The molecule has 0 saturated heterocycles. The van der Waals surface area contributed by atoms with Crippen LogP contribution in [-0.4, -0.2) is 29.9 Å². The van der Waals surface area contributed by atoms with Gasteiger partial charge in [0.1, 0.15) is 5.75 Å². The first-order valence-electron chi connectivity index (χ1n) is 6.88. The highest BCUT2D eigenvalue weighted by Gasteiger charge is 2.23. The maximum absolute atomic E-state index is 12.4. The molecule has 0 atom stereocenters. The van der Waals surface area contributed by atoms with Crippen LogP contribution in [0, 0.1) is 0 Å². The minimum atomic E-state index is -0.309. The Labute approximate surface area is 136 Å². The van der Waals surface area contributed by atoms with E-state index in [4.69, 9.17) is 16.3 Å². The third-order valence-electron chi connectivity index (χ3n) is 3.63. The van der Waals surface area contributed by atoms with E-state index in [0.29, 0.717) is 22.0 Å². The number of fused-ring (bicyclic) bond motifs is 1. The van der Waals surface area contributed by atoms with Crippen LogP contribution >= 0.6 is 11.6 Å². The van der Waals surface area contributed by atoms with Crippen molar-refractivity contribution in [3.05, 3.63) is 57.5 Å². The highest BCUT2D eigenvalue weighted by molar-refractivity contribution is 6.30. The zero-order valence-corrected chi connectivity index (χ0v) is 13.0. The van der Waals surface area contributed by atoms with Crippen molar-refractivity contribution in [2.75, 3.05) is 18.6 Å². The van der Waals surface area contributed by atoms with Crippen molar-refractivity contribution in [2.45, 2.75) is 6.54 Å². The van der Waals surface area contributed by atoms with Crippen LogP contribution in [0.2, 0.25) is 5.02 Å². The molecule has 0 fully saturated rings. The van der Waals surface area contributed by atoms with E-state index in [9.17, 15) is 14.4 Å². The number of rotatable bonds is 3. The van der Waals surface area contributed by atoms with Crippen molar-refractivity contribution in [1.29, 1.82) is 0 Å². The molecule has 1 aliphatic heterocycles. The summed E-state index contributed by atoms with van der Waals surface area (Å²) in [6, 6.07) is 7.63. The number of anilines is 1. The number of hydrogen-bond donors (Lipinski definition) is 0. The maximum atomic E-state index is 12.4. The highest BCUT2D eigenvalue weighted by atomic mass is 35.5. The standard InChI is InChI=1S/C16H13ClN2O4/c1-18-12-6-10(2-4-14(12)23-9-16(18)22)13(20)8-19-7-11(17)3-5-15(19)21/h2-7H,8-9H2,1H3. The second-order valence-electron chi connectivity index (χ2n) is 5.16. The van der Waals surface area contributed by atoms with Crippen LogP contribution in [0.5, 0.6) is 5.75 Å². The molecule has 1 aromatic carbocycles. The van der Waals surface area contributed by atoms with E-state index in [1.54, 1.807) is 25.2 Å². The molecular formula is C16H13ClN2O4. The lowest BCUT2D eigenvalue weighted by Crippen LogP contribution is -2.35. The first kappa shape index (κ1) is 15.3. The second kappa shape index (κ2) is 5.89. The fourth-order valence-electron chi connectivity index (χ4n) is 2.32. The molecule has 0 unspecified atom stereocenters. The van der Waals surface area contributed by atoms with Gasteiger partial charge in [-0.1, -0.05) is 11.6 Å². The van der Waals surface area contributed by atoms with E-state index in [1.807, 2.05) is 0 Å². The molecular weight excluding hydrogens is 320 g/mol. The molecule has 0 saturated carbocycles. The Balaban J connectivity index is 1.90. The number of nitrogens with zero attached hydrogens (tertiary/aromatic N) is 2. The Hall–Kier alpha value is -2.60. The van der Waals surface area contributed by atoms with Gasteiger partial charge in [-0.05, 0) is 24.3 Å². The van der Waals surface area contributed by atoms with Gasteiger partial charge in [-0.15, -0.1) is 0 Å². The fourth-order valence-corrected chi connectivity index (χ4v) is 2.50. The van der Waals surface area contributed by atoms with Crippen LogP contribution in [0.4, 0.5) is 5.69 Å². The third-order valence-corrected chi connectivity index (χ3v) is 3.85. The van der Waals surface area contributed by atoms with Crippen molar-refractivity contribution in [1.82, 2.24) is 4.57 Å². The number of ketones is 1. The fraction of sp³-hybridized carbons (Fsp3) is 0.188. The van der Waals surface area contributed by atoms with Crippen LogP contribution in [0.1, 0.15) is 10.4 Å². The molecule has 6 nitrogen and oxygen atoms in total. The number of ether oxygens (including phenoxy) is 1. The minimum Gasteiger partial charge on any atom is -0.482 e. The van der Waals surface area contributed by atoms with Crippen molar-refractivity contribution in [3.8, 4) is 5.75 Å². The van der Waals surface area contributed by atoms with Gasteiger partial charge in [0.25, 0.3) is 11.5 Å². The van der Waals surface area contributed by atoms with Crippen LogP contribution in [0.25, 0.3) is 0 Å². The summed E-state index contributed by atoms with van der Waals surface area (Å²) in [7, 11) is 1.62. The Morgan fingerprint density at radius 2 is 2.04 bits per heavy atom. The number of benzene rings is 1. The van der Waals surface area contributed by atoms with Crippen molar-refractivity contribution in [3.63, 3.8) is 0 Å². The van der Waals surface area contributed by atoms with Crippen LogP contribution < -0.4 is 15.2 Å². The van der Waals surface area contributed by atoms with E-state index in [-0.39, 0.29) is 30.4 Å². The lowest BCUT2D eigenvalue weighted by molar-refractivity contribution is -0.120. The number of likely N-dealkylation sites (N-methyl/N-ethyl adjacent to an activating group) is 1. The molecule has 3 rings (SSSR count).